The maximum absolute atomic E-state index is 14.5. The lowest BCUT2D eigenvalue weighted by molar-refractivity contribution is -0.157. The molecule has 0 unspecified atom stereocenters. The molecule has 29 heavy (non-hydrogen) atoms. The van der Waals surface area contributed by atoms with Gasteiger partial charge >= 0.3 is 16.8 Å². The van der Waals surface area contributed by atoms with E-state index in [-0.39, 0.29) is 19.0 Å². The Morgan fingerprint density at radius 2 is 1.86 bits per heavy atom. The molecular formula is C20H20BrF2NO5. The van der Waals surface area contributed by atoms with Crippen molar-refractivity contribution in [2.24, 2.45) is 11.8 Å². The molecule has 1 saturated heterocycles. The van der Waals surface area contributed by atoms with Crippen LogP contribution < -0.4 is 5.32 Å². The maximum atomic E-state index is 14.5. The number of esters is 2. The second kappa shape index (κ2) is 9.04. The molecule has 0 saturated carbocycles. The van der Waals surface area contributed by atoms with Crippen LogP contribution in [-0.2, 0) is 25.7 Å². The number of nitrogens with one attached hydrogen (secondary N) is 1. The summed E-state index contributed by atoms with van der Waals surface area (Å²) in [5.41, 5.74) is 0.713. The van der Waals surface area contributed by atoms with E-state index in [2.05, 4.69) is 21.2 Å². The van der Waals surface area contributed by atoms with E-state index in [1.54, 1.807) is 43.3 Å². The van der Waals surface area contributed by atoms with E-state index in [1.165, 1.54) is 6.26 Å². The summed E-state index contributed by atoms with van der Waals surface area (Å²) in [6.07, 6.45) is 1.36. The van der Waals surface area contributed by atoms with Gasteiger partial charge in [0.2, 0.25) is 0 Å². The fraction of sp³-hybridized carbons (Fsp3) is 0.400. The average Bonchev–Trinajstić information content (AvgIpc) is 3.34. The average molecular weight is 472 g/mol. The Hall–Kier alpha value is -2.26. The van der Waals surface area contributed by atoms with Crippen molar-refractivity contribution < 1.29 is 32.3 Å². The van der Waals surface area contributed by atoms with Crippen molar-refractivity contribution in [1.82, 2.24) is 5.32 Å². The van der Waals surface area contributed by atoms with Crippen molar-refractivity contribution in [2.45, 2.75) is 30.4 Å². The van der Waals surface area contributed by atoms with Gasteiger partial charge in [-0.15, -0.1) is 0 Å². The second-order valence-corrected chi connectivity index (χ2v) is 7.63. The summed E-state index contributed by atoms with van der Waals surface area (Å²) in [6, 6.07) is 9.59. The number of halogens is 3. The minimum Gasteiger partial charge on any atom is -0.468 e. The molecule has 0 bridgehead atoms. The first kappa shape index (κ1) is 21.4. The molecule has 3 rings (SSSR count). The van der Waals surface area contributed by atoms with Gasteiger partial charge in [-0.1, -0.05) is 30.3 Å². The quantitative estimate of drug-likeness (QED) is 0.488. The van der Waals surface area contributed by atoms with E-state index in [0.29, 0.717) is 5.56 Å². The van der Waals surface area contributed by atoms with Crippen LogP contribution in [0.5, 0.6) is 0 Å². The van der Waals surface area contributed by atoms with E-state index in [1.807, 2.05) is 6.07 Å². The molecule has 1 aliphatic heterocycles. The number of hydrogen-bond acceptors (Lipinski definition) is 6. The zero-order chi connectivity index (χ0) is 21.0. The first-order chi connectivity index (χ1) is 13.8. The van der Waals surface area contributed by atoms with E-state index < -0.39 is 40.7 Å². The highest BCUT2D eigenvalue weighted by atomic mass is 79.9. The Balaban J connectivity index is 1.90. The molecule has 0 spiro atoms. The number of furan rings is 1. The summed E-state index contributed by atoms with van der Waals surface area (Å²) < 4.78 is 44.6. The number of rotatable bonds is 7. The molecule has 1 fully saturated rings. The number of ether oxygens (including phenoxy) is 2. The van der Waals surface area contributed by atoms with E-state index >= 15 is 0 Å². The van der Waals surface area contributed by atoms with Crippen molar-refractivity contribution in [2.75, 3.05) is 6.61 Å². The van der Waals surface area contributed by atoms with E-state index in [0.717, 1.165) is 0 Å². The lowest BCUT2D eigenvalue weighted by atomic mass is 9.86. The standard InChI is InChI=1S/C20H20BrF2NO5/c1-2-27-19(26)17-15(20(21,22)23)14(16(24-17)13-9-6-10-28-13)18(25)29-11-12-7-4-3-5-8-12/h3-10,14-17,24H,2,11H2,1H3/t14-,15-,16-,17-/m0/s1. The fourth-order valence-electron chi connectivity index (χ4n) is 3.49. The molecule has 1 aromatic heterocycles. The predicted molar refractivity (Wildman–Crippen MR) is 102 cm³/mol. The highest BCUT2D eigenvalue weighted by Gasteiger charge is 2.61. The second-order valence-electron chi connectivity index (χ2n) is 6.58. The van der Waals surface area contributed by atoms with Gasteiger partial charge in [0.05, 0.1) is 30.7 Å². The topological polar surface area (TPSA) is 77.8 Å². The third kappa shape index (κ3) is 4.84. The molecular weight excluding hydrogens is 452 g/mol. The van der Waals surface area contributed by atoms with Crippen LogP contribution >= 0.6 is 15.9 Å². The summed E-state index contributed by atoms with van der Waals surface area (Å²) in [5, 5.41) is 2.78. The lowest BCUT2D eigenvalue weighted by Gasteiger charge is -2.26. The molecule has 0 radical (unpaired) electrons. The van der Waals surface area contributed by atoms with Gasteiger partial charge in [-0.25, -0.2) is 0 Å². The van der Waals surface area contributed by atoms with Crippen molar-refractivity contribution in [3.8, 4) is 0 Å². The van der Waals surface area contributed by atoms with Crippen LogP contribution in [0.4, 0.5) is 8.78 Å². The SMILES string of the molecule is CCOC(=O)[C@H]1N[C@@H](c2ccco2)[C@@H](C(=O)OCc2ccccc2)[C@@H]1C(F)(F)Br. The van der Waals surface area contributed by atoms with Gasteiger partial charge in [-0.3, -0.25) is 14.9 Å². The summed E-state index contributed by atoms with van der Waals surface area (Å²) >= 11 is 2.34. The number of carbonyl (C=O) groups is 2. The number of benzene rings is 1. The molecule has 4 atom stereocenters. The summed E-state index contributed by atoms with van der Waals surface area (Å²) in [5.74, 6) is -4.60. The van der Waals surface area contributed by atoms with Gasteiger partial charge < -0.3 is 13.9 Å². The van der Waals surface area contributed by atoms with Gasteiger partial charge in [0.1, 0.15) is 18.4 Å². The monoisotopic (exact) mass is 471 g/mol. The smallest absolute Gasteiger partial charge is 0.323 e. The predicted octanol–water partition coefficient (Wildman–Crippen LogP) is 3.82. The zero-order valence-electron chi connectivity index (χ0n) is 15.5. The van der Waals surface area contributed by atoms with E-state index in [4.69, 9.17) is 13.9 Å². The van der Waals surface area contributed by atoms with Gasteiger partial charge in [-0.2, -0.15) is 8.78 Å². The molecule has 9 heteroatoms. The Morgan fingerprint density at radius 3 is 2.45 bits per heavy atom. The first-order valence-corrected chi connectivity index (χ1v) is 9.85. The van der Waals surface area contributed by atoms with Crippen LogP contribution in [0.3, 0.4) is 0 Å². The summed E-state index contributed by atoms with van der Waals surface area (Å²) in [4.78, 5) is 21.7. The van der Waals surface area contributed by atoms with Crippen LogP contribution in [0.15, 0.2) is 53.1 Å². The molecule has 2 heterocycles. The third-order valence-electron chi connectivity index (χ3n) is 4.73. The van der Waals surface area contributed by atoms with Gasteiger partial charge in [0, 0.05) is 0 Å². The summed E-state index contributed by atoms with van der Waals surface area (Å²) in [6.45, 7) is 1.52. The molecule has 1 N–H and O–H groups in total. The van der Waals surface area contributed by atoms with Gasteiger partial charge in [-0.05, 0) is 40.5 Å². The Labute approximate surface area is 174 Å². The highest BCUT2D eigenvalue weighted by Crippen LogP contribution is 2.48. The summed E-state index contributed by atoms with van der Waals surface area (Å²) in [7, 11) is 0. The lowest BCUT2D eigenvalue weighted by Crippen LogP contribution is -2.44. The highest BCUT2D eigenvalue weighted by molar-refractivity contribution is 9.10. The third-order valence-corrected chi connectivity index (χ3v) is 5.26. The Kier molecular flexibility index (Phi) is 6.69. The van der Waals surface area contributed by atoms with Gasteiger partial charge in [0.15, 0.2) is 0 Å². The number of hydrogen-bond donors (Lipinski definition) is 1. The van der Waals surface area contributed by atoms with Crippen molar-refractivity contribution in [3.05, 3.63) is 60.1 Å². The molecule has 156 valence electrons. The fourth-order valence-corrected chi connectivity index (χ4v) is 4.04. The number of carbonyl (C=O) groups excluding carboxylic acids is 2. The van der Waals surface area contributed by atoms with Crippen LogP contribution in [0.2, 0.25) is 0 Å². The molecule has 0 aliphatic carbocycles. The molecule has 1 aliphatic rings. The van der Waals surface area contributed by atoms with Crippen molar-refractivity contribution >= 4 is 27.9 Å². The number of alkyl halides is 3. The minimum absolute atomic E-state index is 0.0200. The normalized spacial score (nSPS) is 24.3. The van der Waals surface area contributed by atoms with Crippen molar-refractivity contribution in [1.29, 1.82) is 0 Å². The van der Waals surface area contributed by atoms with Crippen LogP contribution in [0.25, 0.3) is 0 Å². The van der Waals surface area contributed by atoms with E-state index in [9.17, 15) is 18.4 Å². The largest absolute Gasteiger partial charge is 0.468 e. The first-order valence-electron chi connectivity index (χ1n) is 9.06. The van der Waals surface area contributed by atoms with Crippen molar-refractivity contribution in [3.63, 3.8) is 0 Å². The molecule has 0 amide bonds. The van der Waals surface area contributed by atoms with Crippen LogP contribution in [-0.4, -0.2) is 29.4 Å². The molecule has 6 nitrogen and oxygen atoms in total. The van der Waals surface area contributed by atoms with Crippen LogP contribution in [0, 0.1) is 11.8 Å². The molecule has 2 aromatic rings. The van der Waals surface area contributed by atoms with Gasteiger partial charge in [0.25, 0.3) is 0 Å². The Morgan fingerprint density at radius 1 is 1.14 bits per heavy atom. The zero-order valence-corrected chi connectivity index (χ0v) is 17.1. The maximum Gasteiger partial charge on any atom is 0.323 e. The minimum atomic E-state index is -3.53. The molecule has 1 aromatic carbocycles. The Bertz CT molecular complexity index is 825. The van der Waals surface area contributed by atoms with Crippen LogP contribution in [0.1, 0.15) is 24.3 Å².